The fourth-order valence-corrected chi connectivity index (χ4v) is 4.64. The van der Waals surface area contributed by atoms with Gasteiger partial charge >= 0.3 is 5.97 Å². The number of hydrogen-bond donors (Lipinski definition) is 2. The van der Waals surface area contributed by atoms with Crippen LogP contribution < -0.4 is 5.32 Å². The molecule has 0 radical (unpaired) electrons. The predicted molar refractivity (Wildman–Crippen MR) is 139 cm³/mol. The minimum absolute atomic E-state index is 0.0510. The molecule has 176 valence electrons. The van der Waals surface area contributed by atoms with Gasteiger partial charge in [-0.25, -0.2) is 4.79 Å². The summed E-state index contributed by atoms with van der Waals surface area (Å²) in [6.45, 7) is 0. The Bertz CT molecular complexity index is 1160. The lowest BCUT2D eigenvalue weighted by molar-refractivity contribution is -0.141. The summed E-state index contributed by atoms with van der Waals surface area (Å²) in [7, 11) is 0. The molecule has 0 saturated heterocycles. The molecule has 1 atom stereocenters. The van der Waals surface area contributed by atoms with E-state index in [1.807, 2.05) is 91.0 Å². The lowest BCUT2D eigenvalue weighted by Gasteiger charge is -2.36. The van der Waals surface area contributed by atoms with Crippen molar-refractivity contribution in [3.8, 4) is 0 Å². The van der Waals surface area contributed by atoms with Crippen LogP contribution in [0.25, 0.3) is 0 Å². The summed E-state index contributed by atoms with van der Waals surface area (Å²) in [6, 6.07) is 35.5. The molecule has 0 aliphatic heterocycles. The van der Waals surface area contributed by atoms with Crippen LogP contribution in [0.5, 0.6) is 0 Å². The normalized spacial score (nSPS) is 12.0. The van der Waals surface area contributed by atoms with Crippen molar-refractivity contribution in [2.24, 2.45) is 0 Å². The number of nitrogens with one attached hydrogen (secondary N) is 1. The Morgan fingerprint density at radius 2 is 1.14 bits per heavy atom. The topological polar surface area (TPSA) is 66.4 Å². The van der Waals surface area contributed by atoms with Gasteiger partial charge in [-0.3, -0.25) is 4.79 Å². The van der Waals surface area contributed by atoms with Crippen molar-refractivity contribution >= 4 is 23.5 Å². The van der Waals surface area contributed by atoms with E-state index in [4.69, 9.17) is 11.6 Å². The fraction of sp³-hybridized carbons (Fsp3) is 0.133. The predicted octanol–water partition coefficient (Wildman–Crippen LogP) is 5.88. The fourth-order valence-electron chi connectivity index (χ4n) is 4.52. The van der Waals surface area contributed by atoms with Gasteiger partial charge in [-0.15, -0.1) is 0 Å². The van der Waals surface area contributed by atoms with Gasteiger partial charge in [0.15, 0.2) is 0 Å². The number of rotatable bonds is 9. The van der Waals surface area contributed by atoms with Gasteiger partial charge in [-0.2, -0.15) is 0 Å². The molecule has 0 bridgehead atoms. The van der Waals surface area contributed by atoms with Crippen LogP contribution in [0.1, 0.15) is 28.7 Å². The Labute approximate surface area is 210 Å². The van der Waals surface area contributed by atoms with E-state index in [2.05, 4.69) is 5.32 Å². The summed E-state index contributed by atoms with van der Waals surface area (Å²) in [5, 5.41) is 13.2. The molecule has 35 heavy (non-hydrogen) atoms. The highest BCUT2D eigenvalue weighted by atomic mass is 35.5. The molecular weight excluding hydrogens is 458 g/mol. The van der Waals surface area contributed by atoms with E-state index >= 15 is 0 Å². The Hall–Kier alpha value is -3.89. The number of carboxylic acids is 1. The summed E-state index contributed by atoms with van der Waals surface area (Å²) >= 11 is 5.96. The molecule has 0 saturated carbocycles. The molecule has 4 aromatic rings. The van der Waals surface area contributed by atoms with Crippen LogP contribution in [0.3, 0.4) is 0 Å². The highest BCUT2D eigenvalue weighted by Crippen LogP contribution is 2.42. The number of carboxylic acid groups (broad SMARTS) is 1. The molecule has 0 spiro atoms. The second kappa shape index (κ2) is 11.0. The second-order valence-corrected chi connectivity index (χ2v) is 8.91. The molecule has 4 aromatic carbocycles. The zero-order valence-corrected chi connectivity index (χ0v) is 19.9. The maximum Gasteiger partial charge on any atom is 0.326 e. The van der Waals surface area contributed by atoms with Gasteiger partial charge in [0.1, 0.15) is 6.04 Å². The van der Waals surface area contributed by atoms with Gasteiger partial charge < -0.3 is 10.4 Å². The molecule has 0 unspecified atom stereocenters. The highest BCUT2D eigenvalue weighted by molar-refractivity contribution is 6.30. The Morgan fingerprint density at radius 1 is 0.714 bits per heavy atom. The molecule has 2 N–H and O–H groups in total. The Morgan fingerprint density at radius 3 is 1.54 bits per heavy atom. The second-order valence-electron chi connectivity index (χ2n) is 8.47. The first-order valence-electron chi connectivity index (χ1n) is 11.4. The SMILES string of the molecule is O=C(CC(c1ccccc1)(c1ccccc1)c1ccccc1)N[C@H](Cc1ccc(Cl)cc1)C(=O)O. The number of halogens is 1. The largest absolute Gasteiger partial charge is 0.480 e. The van der Waals surface area contributed by atoms with Gasteiger partial charge in [0.05, 0.1) is 5.41 Å². The highest BCUT2D eigenvalue weighted by Gasteiger charge is 2.39. The quantitative estimate of drug-likeness (QED) is 0.292. The van der Waals surface area contributed by atoms with Crippen molar-refractivity contribution in [3.05, 3.63) is 143 Å². The number of hydrogen-bond acceptors (Lipinski definition) is 2. The van der Waals surface area contributed by atoms with Gasteiger partial charge in [0.2, 0.25) is 5.91 Å². The van der Waals surface area contributed by atoms with Crippen molar-refractivity contribution in [1.82, 2.24) is 5.32 Å². The smallest absolute Gasteiger partial charge is 0.326 e. The number of amides is 1. The minimum atomic E-state index is -1.09. The van der Waals surface area contributed by atoms with Crippen LogP contribution in [0, 0.1) is 0 Å². The van der Waals surface area contributed by atoms with Gasteiger partial charge in [-0.05, 0) is 34.4 Å². The molecule has 0 aromatic heterocycles. The summed E-state index contributed by atoms with van der Waals surface area (Å²) in [5.41, 5.74) is 2.85. The average Bonchev–Trinajstić information content (AvgIpc) is 2.89. The van der Waals surface area contributed by atoms with E-state index in [1.165, 1.54) is 0 Å². The first-order valence-corrected chi connectivity index (χ1v) is 11.8. The zero-order chi connectivity index (χ0) is 24.7. The van der Waals surface area contributed by atoms with Gasteiger partial charge in [0.25, 0.3) is 0 Å². The molecular formula is C30H26ClNO3. The Balaban J connectivity index is 1.72. The Kier molecular flexibility index (Phi) is 7.64. The molecule has 0 fully saturated rings. The third-order valence-corrected chi connectivity index (χ3v) is 6.46. The average molecular weight is 484 g/mol. The number of carbonyl (C=O) groups is 2. The van der Waals surface area contributed by atoms with Crippen molar-refractivity contribution in [2.75, 3.05) is 0 Å². The number of benzene rings is 4. The van der Waals surface area contributed by atoms with E-state index in [0.717, 1.165) is 22.3 Å². The first kappa shape index (κ1) is 24.2. The molecule has 5 heteroatoms. The third kappa shape index (κ3) is 5.61. The summed E-state index contributed by atoms with van der Waals surface area (Å²) < 4.78 is 0. The van der Waals surface area contributed by atoms with E-state index in [0.29, 0.717) is 5.02 Å². The van der Waals surface area contributed by atoms with Crippen molar-refractivity contribution < 1.29 is 14.7 Å². The third-order valence-electron chi connectivity index (χ3n) is 6.21. The monoisotopic (exact) mass is 483 g/mol. The molecule has 0 heterocycles. The van der Waals surface area contributed by atoms with Gasteiger partial charge in [-0.1, -0.05) is 115 Å². The molecule has 4 nitrogen and oxygen atoms in total. The van der Waals surface area contributed by atoms with Crippen molar-refractivity contribution in [1.29, 1.82) is 0 Å². The molecule has 1 amide bonds. The van der Waals surface area contributed by atoms with Crippen molar-refractivity contribution in [3.63, 3.8) is 0 Å². The van der Waals surface area contributed by atoms with Crippen LogP contribution in [0.15, 0.2) is 115 Å². The van der Waals surface area contributed by atoms with E-state index in [-0.39, 0.29) is 18.7 Å². The minimum Gasteiger partial charge on any atom is -0.480 e. The summed E-state index contributed by atoms with van der Waals surface area (Å²) in [6.07, 6.45) is 0.211. The summed E-state index contributed by atoms with van der Waals surface area (Å²) in [4.78, 5) is 25.6. The van der Waals surface area contributed by atoms with E-state index in [9.17, 15) is 14.7 Å². The lowest BCUT2D eigenvalue weighted by atomic mass is 9.67. The van der Waals surface area contributed by atoms with Crippen LogP contribution in [-0.2, 0) is 21.4 Å². The summed E-state index contributed by atoms with van der Waals surface area (Å²) in [5.74, 6) is -1.43. The zero-order valence-electron chi connectivity index (χ0n) is 19.1. The molecule has 4 rings (SSSR count). The maximum atomic E-state index is 13.5. The van der Waals surface area contributed by atoms with E-state index < -0.39 is 17.4 Å². The van der Waals surface area contributed by atoms with Crippen LogP contribution in [-0.4, -0.2) is 23.0 Å². The number of aliphatic carboxylic acids is 1. The lowest BCUT2D eigenvalue weighted by Crippen LogP contribution is -2.45. The van der Waals surface area contributed by atoms with Crippen molar-refractivity contribution in [2.45, 2.75) is 24.3 Å². The van der Waals surface area contributed by atoms with E-state index in [1.54, 1.807) is 24.3 Å². The van der Waals surface area contributed by atoms with Gasteiger partial charge in [0, 0.05) is 17.9 Å². The van der Waals surface area contributed by atoms with Crippen LogP contribution in [0.4, 0.5) is 0 Å². The maximum absolute atomic E-state index is 13.5. The first-order chi connectivity index (χ1) is 17.0. The number of carbonyl (C=O) groups excluding carboxylic acids is 1. The van der Waals surface area contributed by atoms with Crippen LogP contribution in [0.2, 0.25) is 5.02 Å². The standard InChI is InChI=1S/C30H26ClNO3/c31-26-18-16-22(17-19-26)20-27(29(34)35)32-28(33)21-30(23-10-4-1-5-11-23,24-12-6-2-7-13-24)25-14-8-3-9-15-25/h1-19,27H,20-21H2,(H,32,33)(H,34,35)/t27-/m1/s1. The van der Waals surface area contributed by atoms with Crippen LogP contribution >= 0.6 is 11.6 Å². The molecule has 0 aliphatic carbocycles. The molecule has 0 aliphatic rings.